The molecule has 0 aromatic heterocycles. The van der Waals surface area contributed by atoms with Crippen LogP contribution in [0.2, 0.25) is 0 Å². The Balaban J connectivity index is 2.24. The molecule has 0 bridgehead atoms. The number of esters is 1. The van der Waals surface area contributed by atoms with E-state index in [4.69, 9.17) is 9.47 Å². The molecule has 1 rings (SSSR count). The molecule has 0 aromatic rings. The summed E-state index contributed by atoms with van der Waals surface area (Å²) in [6, 6.07) is 0. The lowest BCUT2D eigenvalue weighted by atomic mass is 9.92. The van der Waals surface area contributed by atoms with Crippen molar-refractivity contribution in [3.05, 3.63) is 0 Å². The van der Waals surface area contributed by atoms with E-state index in [1.165, 1.54) is 0 Å². The SMILES string of the molecule is CO[C@H]1CCC[C@@H](OC(=O)CNC(=O)CC(C)(C)C)C1. The van der Waals surface area contributed by atoms with Crippen molar-refractivity contribution in [2.45, 2.75) is 65.1 Å². The minimum atomic E-state index is -0.367. The first kappa shape index (κ1) is 17.0. The van der Waals surface area contributed by atoms with E-state index >= 15 is 0 Å². The van der Waals surface area contributed by atoms with Gasteiger partial charge in [-0.15, -0.1) is 0 Å². The second-order valence-electron chi connectivity index (χ2n) is 6.65. The molecule has 1 amide bonds. The van der Waals surface area contributed by atoms with Crippen LogP contribution in [0, 0.1) is 5.41 Å². The number of carbonyl (C=O) groups excluding carboxylic acids is 2. The van der Waals surface area contributed by atoms with Crippen LogP contribution >= 0.6 is 0 Å². The maximum absolute atomic E-state index is 11.7. The summed E-state index contributed by atoms with van der Waals surface area (Å²) in [5.41, 5.74) is -0.0803. The lowest BCUT2D eigenvalue weighted by Gasteiger charge is -2.28. The molecule has 0 saturated heterocycles. The third-order valence-corrected chi connectivity index (χ3v) is 3.33. The summed E-state index contributed by atoms with van der Waals surface area (Å²) in [7, 11) is 1.68. The number of amides is 1. The molecule has 0 unspecified atom stereocenters. The maximum Gasteiger partial charge on any atom is 0.325 e. The number of carbonyl (C=O) groups is 2. The normalized spacial score (nSPS) is 23.2. The molecular weight excluding hydrogens is 258 g/mol. The molecule has 0 heterocycles. The summed E-state index contributed by atoms with van der Waals surface area (Å²) in [5.74, 6) is -0.484. The molecule has 116 valence electrons. The Hall–Kier alpha value is -1.10. The lowest BCUT2D eigenvalue weighted by molar-refractivity contribution is -0.152. The molecule has 5 nitrogen and oxygen atoms in total. The van der Waals surface area contributed by atoms with Crippen molar-refractivity contribution in [2.24, 2.45) is 5.41 Å². The first-order valence-electron chi connectivity index (χ1n) is 7.29. The van der Waals surface area contributed by atoms with Crippen LogP contribution in [-0.4, -0.2) is 37.7 Å². The van der Waals surface area contributed by atoms with E-state index in [0.29, 0.717) is 6.42 Å². The molecule has 2 atom stereocenters. The summed E-state index contributed by atoms with van der Waals surface area (Å²) >= 11 is 0. The number of nitrogens with one attached hydrogen (secondary N) is 1. The zero-order valence-corrected chi connectivity index (χ0v) is 13.0. The van der Waals surface area contributed by atoms with Crippen LogP contribution in [0.1, 0.15) is 52.9 Å². The van der Waals surface area contributed by atoms with E-state index in [-0.39, 0.29) is 36.0 Å². The highest BCUT2D eigenvalue weighted by Crippen LogP contribution is 2.23. The molecule has 1 saturated carbocycles. The summed E-state index contributed by atoms with van der Waals surface area (Å²) in [5, 5.41) is 2.61. The van der Waals surface area contributed by atoms with E-state index < -0.39 is 0 Å². The van der Waals surface area contributed by atoms with Gasteiger partial charge in [0.1, 0.15) is 12.6 Å². The molecule has 1 fully saturated rings. The Kier molecular flexibility index (Phi) is 6.46. The largest absolute Gasteiger partial charge is 0.461 e. The Morgan fingerprint density at radius 3 is 2.45 bits per heavy atom. The Bertz CT molecular complexity index is 335. The van der Waals surface area contributed by atoms with E-state index in [2.05, 4.69) is 5.32 Å². The van der Waals surface area contributed by atoms with E-state index in [0.717, 1.165) is 25.7 Å². The molecule has 1 aliphatic rings. The molecule has 1 N–H and O–H groups in total. The summed E-state index contributed by atoms with van der Waals surface area (Å²) < 4.78 is 10.7. The van der Waals surface area contributed by atoms with Gasteiger partial charge in [0.2, 0.25) is 5.91 Å². The first-order chi connectivity index (χ1) is 9.30. The van der Waals surface area contributed by atoms with Crippen molar-refractivity contribution in [1.29, 1.82) is 0 Å². The van der Waals surface area contributed by atoms with E-state index in [1.54, 1.807) is 7.11 Å². The summed E-state index contributed by atoms with van der Waals surface area (Å²) in [4.78, 5) is 23.3. The molecule has 1 aliphatic carbocycles. The van der Waals surface area contributed by atoms with Crippen molar-refractivity contribution in [3.8, 4) is 0 Å². The van der Waals surface area contributed by atoms with Crippen molar-refractivity contribution >= 4 is 11.9 Å². The highest BCUT2D eigenvalue weighted by molar-refractivity contribution is 5.82. The minimum absolute atomic E-state index is 0.0525. The van der Waals surface area contributed by atoms with Gasteiger partial charge in [0.25, 0.3) is 0 Å². The molecular formula is C15H27NO4. The zero-order valence-electron chi connectivity index (χ0n) is 13.0. The van der Waals surface area contributed by atoms with Crippen LogP contribution in [-0.2, 0) is 19.1 Å². The monoisotopic (exact) mass is 285 g/mol. The highest BCUT2D eigenvalue weighted by atomic mass is 16.5. The number of hydrogen-bond donors (Lipinski definition) is 1. The minimum Gasteiger partial charge on any atom is -0.461 e. The number of ether oxygens (including phenoxy) is 2. The van der Waals surface area contributed by atoms with Crippen LogP contribution in [0.25, 0.3) is 0 Å². The maximum atomic E-state index is 11.7. The molecule has 20 heavy (non-hydrogen) atoms. The molecule has 0 aromatic carbocycles. The van der Waals surface area contributed by atoms with E-state index in [1.807, 2.05) is 20.8 Å². The second kappa shape index (κ2) is 7.62. The van der Waals surface area contributed by atoms with Gasteiger partial charge in [0.15, 0.2) is 0 Å². The van der Waals surface area contributed by atoms with Gasteiger partial charge in [-0.1, -0.05) is 20.8 Å². The highest BCUT2D eigenvalue weighted by Gasteiger charge is 2.25. The van der Waals surface area contributed by atoms with Crippen molar-refractivity contribution < 1.29 is 19.1 Å². The van der Waals surface area contributed by atoms with Gasteiger partial charge in [0.05, 0.1) is 6.10 Å². The molecule has 0 spiro atoms. The van der Waals surface area contributed by atoms with Gasteiger partial charge in [-0.25, -0.2) is 0 Å². The van der Waals surface area contributed by atoms with Gasteiger partial charge in [0, 0.05) is 20.0 Å². The predicted octanol–water partition coefficient (Wildman–Crippen LogP) is 2.04. The number of hydrogen-bond acceptors (Lipinski definition) is 4. The van der Waals surface area contributed by atoms with Crippen LogP contribution in [0.15, 0.2) is 0 Å². The fourth-order valence-electron chi connectivity index (χ4n) is 2.37. The van der Waals surface area contributed by atoms with Gasteiger partial charge >= 0.3 is 5.97 Å². The van der Waals surface area contributed by atoms with Crippen LogP contribution < -0.4 is 5.32 Å². The average Bonchev–Trinajstić information content (AvgIpc) is 2.34. The van der Waals surface area contributed by atoms with Crippen LogP contribution in [0.3, 0.4) is 0 Å². The Labute approximate surface area is 121 Å². The Morgan fingerprint density at radius 1 is 1.20 bits per heavy atom. The number of rotatable bonds is 5. The fraction of sp³-hybridized carbons (Fsp3) is 0.867. The lowest BCUT2D eigenvalue weighted by Crippen LogP contribution is -2.36. The third kappa shape index (κ3) is 6.89. The topological polar surface area (TPSA) is 64.6 Å². The third-order valence-electron chi connectivity index (χ3n) is 3.33. The predicted molar refractivity (Wildman–Crippen MR) is 76.2 cm³/mol. The van der Waals surface area contributed by atoms with Crippen molar-refractivity contribution in [1.82, 2.24) is 5.32 Å². The number of methoxy groups -OCH3 is 1. The Morgan fingerprint density at radius 2 is 1.85 bits per heavy atom. The summed E-state index contributed by atoms with van der Waals surface area (Å²) in [6.45, 7) is 5.90. The zero-order chi connectivity index (χ0) is 15.2. The van der Waals surface area contributed by atoms with Gasteiger partial charge in [-0.3, -0.25) is 9.59 Å². The quantitative estimate of drug-likeness (QED) is 0.785. The van der Waals surface area contributed by atoms with Crippen LogP contribution in [0.4, 0.5) is 0 Å². The molecule has 0 radical (unpaired) electrons. The standard InChI is InChI=1S/C15H27NO4/c1-15(2,3)9-13(17)16-10-14(18)20-12-7-5-6-11(8-12)19-4/h11-12H,5-10H2,1-4H3,(H,16,17)/t11-,12+/m0/s1. The smallest absolute Gasteiger partial charge is 0.325 e. The van der Waals surface area contributed by atoms with Gasteiger partial charge < -0.3 is 14.8 Å². The van der Waals surface area contributed by atoms with Gasteiger partial charge in [-0.05, 0) is 24.7 Å². The fourth-order valence-corrected chi connectivity index (χ4v) is 2.37. The summed E-state index contributed by atoms with van der Waals surface area (Å²) in [6.07, 6.45) is 4.15. The second-order valence-corrected chi connectivity index (χ2v) is 6.65. The first-order valence-corrected chi connectivity index (χ1v) is 7.29. The van der Waals surface area contributed by atoms with Crippen molar-refractivity contribution in [2.75, 3.05) is 13.7 Å². The van der Waals surface area contributed by atoms with Crippen molar-refractivity contribution in [3.63, 3.8) is 0 Å². The molecule has 0 aliphatic heterocycles. The van der Waals surface area contributed by atoms with Gasteiger partial charge in [-0.2, -0.15) is 0 Å². The molecule has 5 heteroatoms. The average molecular weight is 285 g/mol. The van der Waals surface area contributed by atoms with Crippen LogP contribution in [0.5, 0.6) is 0 Å². The van der Waals surface area contributed by atoms with E-state index in [9.17, 15) is 9.59 Å².